The van der Waals surface area contributed by atoms with Gasteiger partial charge in [0.05, 0.1) is 12.0 Å². The monoisotopic (exact) mass is 267 g/mol. The fourth-order valence-electron chi connectivity index (χ4n) is 1.54. The van der Waals surface area contributed by atoms with Gasteiger partial charge in [-0.05, 0) is 19.8 Å². The van der Waals surface area contributed by atoms with E-state index in [2.05, 4.69) is 15.3 Å². The lowest BCUT2D eigenvalue weighted by molar-refractivity contribution is -0.142. The fourth-order valence-corrected chi connectivity index (χ4v) is 1.54. The molecule has 0 aromatic carbocycles. The lowest BCUT2D eigenvalue weighted by Gasteiger charge is -2.17. The highest BCUT2D eigenvalue weighted by molar-refractivity contribution is 5.71. The van der Waals surface area contributed by atoms with Crippen LogP contribution in [0, 0.1) is 11.8 Å². The second-order valence-electron chi connectivity index (χ2n) is 4.95. The van der Waals surface area contributed by atoms with E-state index in [1.807, 2.05) is 27.7 Å². The number of carboxylic acids is 1. The van der Waals surface area contributed by atoms with E-state index in [0.717, 1.165) is 0 Å². The van der Waals surface area contributed by atoms with Crippen LogP contribution in [0.4, 0.5) is 5.95 Å². The number of aromatic nitrogens is 2. The average Bonchev–Trinajstić information content (AvgIpc) is 2.27. The number of nitrogens with zero attached hydrogens (tertiary/aromatic N) is 2. The van der Waals surface area contributed by atoms with Gasteiger partial charge in [0.15, 0.2) is 0 Å². The molecule has 1 heterocycles. The summed E-state index contributed by atoms with van der Waals surface area (Å²) >= 11 is 0. The van der Waals surface area contributed by atoms with E-state index in [4.69, 9.17) is 9.84 Å². The van der Waals surface area contributed by atoms with E-state index in [9.17, 15) is 4.79 Å². The Balaban J connectivity index is 2.64. The topological polar surface area (TPSA) is 84.3 Å². The van der Waals surface area contributed by atoms with Gasteiger partial charge in [-0.15, -0.1) is 0 Å². The van der Waals surface area contributed by atoms with E-state index < -0.39 is 11.9 Å². The van der Waals surface area contributed by atoms with E-state index >= 15 is 0 Å². The molecule has 1 rings (SSSR count). The Morgan fingerprint density at radius 3 is 2.63 bits per heavy atom. The number of anilines is 1. The van der Waals surface area contributed by atoms with Crippen LogP contribution in [-0.2, 0) is 4.79 Å². The summed E-state index contributed by atoms with van der Waals surface area (Å²) in [6.07, 6.45) is 1.61. The minimum Gasteiger partial charge on any atom is -0.481 e. The molecule has 0 bridgehead atoms. The molecule has 0 aliphatic carbocycles. The maximum atomic E-state index is 11.1. The number of hydrogen-bond donors (Lipinski definition) is 2. The van der Waals surface area contributed by atoms with Crippen molar-refractivity contribution in [1.82, 2.24) is 9.97 Å². The molecular weight excluding hydrogens is 246 g/mol. The molecule has 0 radical (unpaired) electrons. The van der Waals surface area contributed by atoms with Crippen LogP contribution in [0.1, 0.15) is 27.7 Å². The smallest absolute Gasteiger partial charge is 0.308 e. The number of hydrogen-bond acceptors (Lipinski definition) is 5. The Bertz CT molecular complexity index is 421. The van der Waals surface area contributed by atoms with Gasteiger partial charge in [0, 0.05) is 18.8 Å². The van der Waals surface area contributed by atoms with Crippen molar-refractivity contribution in [3.05, 3.63) is 12.3 Å². The first-order valence-corrected chi connectivity index (χ1v) is 6.36. The zero-order chi connectivity index (χ0) is 14.4. The van der Waals surface area contributed by atoms with Crippen LogP contribution >= 0.6 is 0 Å². The molecule has 1 unspecified atom stereocenters. The average molecular weight is 267 g/mol. The van der Waals surface area contributed by atoms with E-state index in [0.29, 0.717) is 11.8 Å². The molecule has 0 saturated heterocycles. The van der Waals surface area contributed by atoms with Crippen LogP contribution in [0.25, 0.3) is 0 Å². The first kappa shape index (κ1) is 15.2. The minimum atomic E-state index is -0.822. The van der Waals surface area contributed by atoms with Gasteiger partial charge in [0.2, 0.25) is 11.8 Å². The van der Waals surface area contributed by atoms with Crippen molar-refractivity contribution in [3.63, 3.8) is 0 Å². The molecule has 1 aromatic rings. The Labute approximate surface area is 113 Å². The highest BCUT2D eigenvalue weighted by Crippen LogP contribution is 2.14. The van der Waals surface area contributed by atoms with Gasteiger partial charge in [-0.2, -0.15) is 4.98 Å². The molecular formula is C13H21N3O3. The predicted molar refractivity (Wildman–Crippen MR) is 72.2 cm³/mol. The third kappa shape index (κ3) is 5.11. The Morgan fingerprint density at radius 1 is 1.42 bits per heavy atom. The molecule has 6 nitrogen and oxygen atoms in total. The summed E-state index contributed by atoms with van der Waals surface area (Å²) in [7, 11) is 0. The Kier molecular flexibility index (Phi) is 5.54. The Morgan fingerprint density at radius 2 is 2.11 bits per heavy atom. The SMILES string of the molecule is CC(C)Oc1ccnc(NCC(C(=O)O)C(C)C)n1. The highest BCUT2D eigenvalue weighted by atomic mass is 16.5. The first-order valence-electron chi connectivity index (χ1n) is 6.36. The summed E-state index contributed by atoms with van der Waals surface area (Å²) in [6, 6.07) is 1.67. The molecule has 19 heavy (non-hydrogen) atoms. The molecule has 0 aliphatic rings. The third-order valence-electron chi connectivity index (χ3n) is 2.59. The van der Waals surface area contributed by atoms with Gasteiger partial charge in [-0.25, -0.2) is 4.98 Å². The zero-order valence-electron chi connectivity index (χ0n) is 11.8. The van der Waals surface area contributed by atoms with E-state index in [-0.39, 0.29) is 18.6 Å². The van der Waals surface area contributed by atoms with E-state index in [1.54, 1.807) is 12.3 Å². The minimum absolute atomic E-state index is 0.0326. The summed E-state index contributed by atoms with van der Waals surface area (Å²) < 4.78 is 5.45. The van der Waals surface area contributed by atoms with Crippen LogP contribution in [0.15, 0.2) is 12.3 Å². The second-order valence-corrected chi connectivity index (χ2v) is 4.95. The van der Waals surface area contributed by atoms with Gasteiger partial charge in [-0.1, -0.05) is 13.8 Å². The molecule has 6 heteroatoms. The van der Waals surface area contributed by atoms with Crippen molar-refractivity contribution in [2.45, 2.75) is 33.8 Å². The summed E-state index contributed by atoms with van der Waals surface area (Å²) in [6.45, 7) is 7.86. The summed E-state index contributed by atoms with van der Waals surface area (Å²) in [4.78, 5) is 19.3. The van der Waals surface area contributed by atoms with E-state index in [1.165, 1.54) is 0 Å². The van der Waals surface area contributed by atoms with Gasteiger partial charge in [0.1, 0.15) is 0 Å². The largest absolute Gasteiger partial charge is 0.481 e. The zero-order valence-corrected chi connectivity index (χ0v) is 11.8. The molecule has 106 valence electrons. The van der Waals surface area contributed by atoms with Crippen LogP contribution in [-0.4, -0.2) is 33.7 Å². The van der Waals surface area contributed by atoms with Crippen molar-refractivity contribution in [2.75, 3.05) is 11.9 Å². The van der Waals surface area contributed by atoms with Gasteiger partial charge in [0.25, 0.3) is 0 Å². The maximum Gasteiger partial charge on any atom is 0.308 e. The van der Waals surface area contributed by atoms with Crippen molar-refractivity contribution in [2.24, 2.45) is 11.8 Å². The number of aliphatic carboxylic acids is 1. The van der Waals surface area contributed by atoms with Crippen molar-refractivity contribution >= 4 is 11.9 Å². The standard InChI is InChI=1S/C13H21N3O3/c1-8(2)10(12(17)18)7-15-13-14-6-5-11(16-13)19-9(3)4/h5-6,8-10H,7H2,1-4H3,(H,17,18)(H,14,15,16). The number of carboxylic acid groups (broad SMARTS) is 1. The molecule has 0 spiro atoms. The Hall–Kier alpha value is -1.85. The summed E-state index contributed by atoms with van der Waals surface area (Å²) in [5.74, 6) is -0.399. The van der Waals surface area contributed by atoms with Crippen molar-refractivity contribution < 1.29 is 14.6 Å². The van der Waals surface area contributed by atoms with Crippen LogP contribution < -0.4 is 10.1 Å². The molecule has 1 atom stereocenters. The number of carbonyl (C=O) groups is 1. The second kappa shape index (κ2) is 6.92. The van der Waals surface area contributed by atoms with Crippen molar-refractivity contribution in [3.8, 4) is 5.88 Å². The van der Waals surface area contributed by atoms with Crippen LogP contribution in [0.5, 0.6) is 5.88 Å². The lowest BCUT2D eigenvalue weighted by atomic mass is 9.96. The summed E-state index contributed by atoms with van der Waals surface area (Å²) in [5, 5.41) is 12.0. The van der Waals surface area contributed by atoms with Crippen molar-refractivity contribution in [1.29, 1.82) is 0 Å². The first-order chi connectivity index (χ1) is 8.90. The van der Waals surface area contributed by atoms with Crippen LogP contribution in [0.3, 0.4) is 0 Å². The molecule has 2 N–H and O–H groups in total. The van der Waals surface area contributed by atoms with Gasteiger partial charge in [-0.3, -0.25) is 4.79 Å². The third-order valence-corrected chi connectivity index (χ3v) is 2.59. The highest BCUT2D eigenvalue weighted by Gasteiger charge is 2.21. The predicted octanol–water partition coefficient (Wildman–Crippen LogP) is 2.03. The number of nitrogens with one attached hydrogen (secondary N) is 1. The van der Waals surface area contributed by atoms with Gasteiger partial charge < -0.3 is 15.2 Å². The lowest BCUT2D eigenvalue weighted by Crippen LogP contribution is -2.28. The fraction of sp³-hybridized carbons (Fsp3) is 0.615. The number of rotatable bonds is 7. The summed E-state index contributed by atoms with van der Waals surface area (Å²) in [5.41, 5.74) is 0. The maximum absolute atomic E-state index is 11.1. The van der Waals surface area contributed by atoms with Crippen LogP contribution in [0.2, 0.25) is 0 Å². The molecule has 0 saturated carbocycles. The molecule has 0 amide bonds. The van der Waals surface area contributed by atoms with Gasteiger partial charge >= 0.3 is 5.97 Å². The quantitative estimate of drug-likeness (QED) is 0.786. The molecule has 0 fully saturated rings. The normalized spacial score (nSPS) is 12.5. The molecule has 1 aromatic heterocycles. The molecule has 0 aliphatic heterocycles. The number of ether oxygens (including phenoxy) is 1.